The monoisotopic (exact) mass is 445 g/mol. The van der Waals surface area contributed by atoms with Crippen molar-refractivity contribution < 1.29 is 18.7 Å². The molecule has 2 aromatic rings. The van der Waals surface area contributed by atoms with E-state index in [9.17, 15) is 18.7 Å². The maximum absolute atomic E-state index is 13.1. The standard InChI is InChI=1S/C25H33F2N3O2/c1-17(2)24(29-25(32)28-22-9-7-21(27)8-10-22)23(31)16-30-13-11-19(12-14-30)15-18-3-5-20(26)6-4-18/h3-10,17,19,23-24,31H,11-16H2,1-2H3,(H2,28,29,32)/t23-,24-/m0/s1. The lowest BCUT2D eigenvalue weighted by molar-refractivity contribution is 0.0539. The number of β-amino-alcohol motifs (C(OH)–C–C–N with tert-alkyl or cyclic N) is 1. The highest BCUT2D eigenvalue weighted by molar-refractivity contribution is 5.89. The molecule has 1 aliphatic heterocycles. The van der Waals surface area contributed by atoms with Crippen LogP contribution in [0.3, 0.4) is 0 Å². The molecule has 0 saturated carbocycles. The van der Waals surface area contributed by atoms with Crippen LogP contribution in [0.1, 0.15) is 32.3 Å². The zero-order chi connectivity index (χ0) is 23.1. The van der Waals surface area contributed by atoms with Crippen molar-refractivity contribution in [2.45, 2.75) is 45.3 Å². The summed E-state index contributed by atoms with van der Waals surface area (Å²) in [4.78, 5) is 14.6. The van der Waals surface area contributed by atoms with Gasteiger partial charge in [0.1, 0.15) is 11.6 Å². The molecule has 2 atom stereocenters. The summed E-state index contributed by atoms with van der Waals surface area (Å²) in [5.74, 6) is 0.0134. The molecule has 0 aromatic heterocycles. The van der Waals surface area contributed by atoms with Crippen molar-refractivity contribution in [2.75, 3.05) is 25.0 Å². The smallest absolute Gasteiger partial charge is 0.319 e. The van der Waals surface area contributed by atoms with Crippen LogP contribution in [0.4, 0.5) is 19.3 Å². The average molecular weight is 446 g/mol. The van der Waals surface area contributed by atoms with Crippen LogP contribution in [0.15, 0.2) is 48.5 Å². The summed E-state index contributed by atoms with van der Waals surface area (Å²) in [7, 11) is 0. The summed E-state index contributed by atoms with van der Waals surface area (Å²) >= 11 is 0. The number of hydrogen-bond donors (Lipinski definition) is 3. The van der Waals surface area contributed by atoms with E-state index in [-0.39, 0.29) is 17.6 Å². The molecule has 7 heteroatoms. The summed E-state index contributed by atoms with van der Waals surface area (Å²) in [6.07, 6.45) is 2.28. The number of halogens is 2. The SMILES string of the molecule is CC(C)[C@H](NC(=O)Nc1ccc(F)cc1)[C@@H](O)CN1CCC(Cc2ccc(F)cc2)CC1. The van der Waals surface area contributed by atoms with Crippen LogP contribution < -0.4 is 10.6 Å². The van der Waals surface area contributed by atoms with E-state index in [4.69, 9.17) is 0 Å². The second-order valence-electron chi connectivity index (χ2n) is 9.02. The Hall–Kier alpha value is -2.51. The molecule has 5 nitrogen and oxygen atoms in total. The van der Waals surface area contributed by atoms with Gasteiger partial charge < -0.3 is 20.6 Å². The van der Waals surface area contributed by atoms with Crippen molar-refractivity contribution in [1.82, 2.24) is 10.2 Å². The largest absolute Gasteiger partial charge is 0.390 e. The summed E-state index contributed by atoms with van der Waals surface area (Å²) in [5.41, 5.74) is 1.64. The van der Waals surface area contributed by atoms with Gasteiger partial charge in [-0.05, 0) is 86.1 Å². The van der Waals surface area contributed by atoms with Crippen LogP contribution in [-0.2, 0) is 6.42 Å². The van der Waals surface area contributed by atoms with Gasteiger partial charge in [0.15, 0.2) is 0 Å². The van der Waals surface area contributed by atoms with Crippen LogP contribution in [0.2, 0.25) is 0 Å². The number of aliphatic hydroxyl groups excluding tert-OH is 1. The van der Waals surface area contributed by atoms with Gasteiger partial charge in [0, 0.05) is 12.2 Å². The molecule has 2 aromatic carbocycles. The Morgan fingerprint density at radius 2 is 1.59 bits per heavy atom. The van der Waals surface area contributed by atoms with Gasteiger partial charge in [0.25, 0.3) is 0 Å². The number of urea groups is 1. The third-order valence-corrected chi connectivity index (χ3v) is 6.12. The van der Waals surface area contributed by atoms with E-state index < -0.39 is 18.2 Å². The molecule has 174 valence electrons. The molecule has 0 aliphatic carbocycles. The number of amides is 2. The predicted octanol–water partition coefficient (Wildman–Crippen LogP) is 4.43. The Balaban J connectivity index is 1.46. The quantitative estimate of drug-likeness (QED) is 0.563. The first-order valence-electron chi connectivity index (χ1n) is 11.3. The van der Waals surface area contributed by atoms with Crippen LogP contribution in [-0.4, -0.2) is 47.8 Å². The average Bonchev–Trinajstić information content (AvgIpc) is 2.76. The van der Waals surface area contributed by atoms with Gasteiger partial charge in [-0.2, -0.15) is 0 Å². The number of aliphatic hydroxyl groups is 1. The summed E-state index contributed by atoms with van der Waals surface area (Å²) in [5, 5.41) is 16.4. The van der Waals surface area contributed by atoms with E-state index in [1.165, 1.54) is 36.4 Å². The molecule has 0 spiro atoms. The van der Waals surface area contributed by atoms with Crippen LogP contribution in [0.5, 0.6) is 0 Å². The van der Waals surface area contributed by atoms with Gasteiger partial charge in [0.2, 0.25) is 0 Å². The fourth-order valence-electron chi connectivity index (χ4n) is 4.26. The molecule has 3 rings (SSSR count). The second kappa shape index (κ2) is 11.4. The summed E-state index contributed by atoms with van der Waals surface area (Å²) < 4.78 is 26.1. The van der Waals surface area contributed by atoms with Gasteiger partial charge >= 0.3 is 6.03 Å². The minimum absolute atomic E-state index is 0.0417. The topological polar surface area (TPSA) is 64.6 Å². The number of nitrogens with zero attached hydrogens (tertiary/aromatic N) is 1. The normalized spacial score (nSPS) is 17.2. The fourth-order valence-corrected chi connectivity index (χ4v) is 4.26. The number of hydrogen-bond acceptors (Lipinski definition) is 3. The lowest BCUT2D eigenvalue weighted by Crippen LogP contribution is -2.53. The zero-order valence-electron chi connectivity index (χ0n) is 18.7. The number of carbonyl (C=O) groups is 1. The van der Waals surface area contributed by atoms with E-state index in [1.807, 2.05) is 26.0 Å². The molecular formula is C25H33F2N3O2. The minimum atomic E-state index is -0.706. The number of carbonyl (C=O) groups excluding carboxylic acids is 1. The highest BCUT2D eigenvalue weighted by Crippen LogP contribution is 2.22. The molecule has 1 saturated heterocycles. The van der Waals surface area contributed by atoms with Crippen LogP contribution in [0, 0.1) is 23.5 Å². The maximum Gasteiger partial charge on any atom is 0.319 e. The third kappa shape index (κ3) is 7.28. The molecule has 1 heterocycles. The van der Waals surface area contributed by atoms with E-state index in [2.05, 4.69) is 15.5 Å². The second-order valence-corrected chi connectivity index (χ2v) is 9.02. The zero-order valence-corrected chi connectivity index (χ0v) is 18.7. The van der Waals surface area contributed by atoms with Crippen molar-refractivity contribution in [3.8, 4) is 0 Å². The van der Waals surface area contributed by atoms with Crippen molar-refractivity contribution in [3.05, 3.63) is 65.7 Å². The van der Waals surface area contributed by atoms with Crippen molar-refractivity contribution in [1.29, 1.82) is 0 Å². The first-order valence-corrected chi connectivity index (χ1v) is 11.3. The van der Waals surface area contributed by atoms with Gasteiger partial charge in [-0.1, -0.05) is 26.0 Å². The third-order valence-electron chi connectivity index (χ3n) is 6.12. The van der Waals surface area contributed by atoms with E-state index in [1.54, 1.807) is 0 Å². The predicted molar refractivity (Wildman–Crippen MR) is 122 cm³/mol. The molecule has 0 bridgehead atoms. The molecule has 2 amide bonds. The molecular weight excluding hydrogens is 412 g/mol. The Kier molecular flexibility index (Phi) is 8.59. The number of rotatable bonds is 8. The van der Waals surface area contributed by atoms with E-state index in [0.717, 1.165) is 37.9 Å². The lowest BCUT2D eigenvalue weighted by Gasteiger charge is -2.36. The number of anilines is 1. The Bertz CT molecular complexity index is 850. The summed E-state index contributed by atoms with van der Waals surface area (Å²) in [6, 6.07) is 11.4. The Labute approximate surface area is 188 Å². The van der Waals surface area contributed by atoms with Crippen molar-refractivity contribution in [3.63, 3.8) is 0 Å². The number of nitrogens with one attached hydrogen (secondary N) is 2. The fraction of sp³-hybridized carbons (Fsp3) is 0.480. The number of benzene rings is 2. The Morgan fingerprint density at radius 3 is 2.16 bits per heavy atom. The van der Waals surface area contributed by atoms with Gasteiger partial charge in [-0.3, -0.25) is 0 Å². The minimum Gasteiger partial charge on any atom is -0.390 e. The first kappa shape index (κ1) is 24.1. The summed E-state index contributed by atoms with van der Waals surface area (Å²) in [6.45, 7) is 6.18. The molecule has 0 radical (unpaired) electrons. The lowest BCUT2D eigenvalue weighted by atomic mass is 9.89. The molecule has 1 aliphatic rings. The van der Waals surface area contributed by atoms with Crippen molar-refractivity contribution >= 4 is 11.7 Å². The Morgan fingerprint density at radius 1 is 1.03 bits per heavy atom. The van der Waals surface area contributed by atoms with Gasteiger partial charge in [0.05, 0.1) is 12.1 Å². The van der Waals surface area contributed by atoms with Gasteiger partial charge in [-0.25, -0.2) is 13.6 Å². The molecule has 3 N–H and O–H groups in total. The highest BCUT2D eigenvalue weighted by atomic mass is 19.1. The van der Waals surface area contributed by atoms with Crippen molar-refractivity contribution in [2.24, 2.45) is 11.8 Å². The maximum atomic E-state index is 13.1. The van der Waals surface area contributed by atoms with E-state index in [0.29, 0.717) is 18.2 Å². The van der Waals surface area contributed by atoms with Gasteiger partial charge in [-0.15, -0.1) is 0 Å². The number of piperidine rings is 1. The molecule has 0 unspecified atom stereocenters. The van der Waals surface area contributed by atoms with Crippen LogP contribution in [0.25, 0.3) is 0 Å². The van der Waals surface area contributed by atoms with E-state index >= 15 is 0 Å². The first-order chi connectivity index (χ1) is 15.3. The molecule has 1 fully saturated rings. The highest BCUT2D eigenvalue weighted by Gasteiger charge is 2.28. The van der Waals surface area contributed by atoms with Crippen LogP contribution >= 0.6 is 0 Å². The number of likely N-dealkylation sites (tertiary alicyclic amines) is 1. The molecule has 32 heavy (non-hydrogen) atoms.